The van der Waals surface area contributed by atoms with Gasteiger partial charge >= 0.3 is 0 Å². The maximum absolute atomic E-state index is 12.3. The molecule has 0 bridgehead atoms. The molecule has 3 heteroatoms. The van der Waals surface area contributed by atoms with Crippen molar-refractivity contribution >= 4 is 5.91 Å². The zero-order valence-corrected chi connectivity index (χ0v) is 13.8. The van der Waals surface area contributed by atoms with Crippen LogP contribution in [0, 0.1) is 5.41 Å². The van der Waals surface area contributed by atoms with Gasteiger partial charge in [0.15, 0.2) is 0 Å². The van der Waals surface area contributed by atoms with E-state index in [-0.39, 0.29) is 11.3 Å². The standard InChI is InChI=1S/C20H23NO2/c1-21(2)19(22)20(12-13-20)14-16-8-10-18(11-9-16)23-15-17-6-4-3-5-7-17/h3-11H,12-15H2,1-2H3. The third-order valence-corrected chi connectivity index (χ3v) is 4.43. The van der Waals surface area contributed by atoms with Gasteiger partial charge in [0.1, 0.15) is 12.4 Å². The number of benzene rings is 2. The van der Waals surface area contributed by atoms with Gasteiger partial charge in [0.05, 0.1) is 5.41 Å². The SMILES string of the molecule is CN(C)C(=O)C1(Cc2ccc(OCc3ccccc3)cc2)CC1. The Labute approximate surface area is 137 Å². The number of hydrogen-bond acceptors (Lipinski definition) is 2. The fraction of sp³-hybridized carbons (Fsp3) is 0.350. The lowest BCUT2D eigenvalue weighted by molar-refractivity contribution is -0.134. The molecule has 0 spiro atoms. The molecule has 1 aliphatic carbocycles. The van der Waals surface area contributed by atoms with Crippen LogP contribution in [0.1, 0.15) is 24.0 Å². The number of hydrogen-bond donors (Lipinski definition) is 0. The quantitative estimate of drug-likeness (QED) is 0.814. The fourth-order valence-electron chi connectivity index (χ4n) is 2.93. The lowest BCUT2D eigenvalue weighted by atomic mass is 9.95. The van der Waals surface area contributed by atoms with Crippen LogP contribution >= 0.6 is 0 Å². The smallest absolute Gasteiger partial charge is 0.228 e. The molecule has 3 rings (SSSR count). The van der Waals surface area contributed by atoms with Crippen LogP contribution in [0.4, 0.5) is 0 Å². The van der Waals surface area contributed by atoms with Gasteiger partial charge in [0, 0.05) is 14.1 Å². The summed E-state index contributed by atoms with van der Waals surface area (Å²) in [6.07, 6.45) is 2.82. The highest BCUT2D eigenvalue weighted by atomic mass is 16.5. The first-order chi connectivity index (χ1) is 11.1. The van der Waals surface area contributed by atoms with Crippen LogP contribution in [0.5, 0.6) is 5.75 Å². The van der Waals surface area contributed by atoms with Crippen LogP contribution in [0.2, 0.25) is 0 Å². The van der Waals surface area contributed by atoms with E-state index < -0.39 is 0 Å². The molecule has 2 aromatic rings. The van der Waals surface area contributed by atoms with Crippen LogP contribution in [0.15, 0.2) is 54.6 Å². The van der Waals surface area contributed by atoms with E-state index in [9.17, 15) is 4.79 Å². The van der Waals surface area contributed by atoms with Crippen molar-refractivity contribution < 1.29 is 9.53 Å². The summed E-state index contributed by atoms with van der Waals surface area (Å²) >= 11 is 0. The Morgan fingerprint density at radius 3 is 2.22 bits per heavy atom. The van der Waals surface area contributed by atoms with E-state index >= 15 is 0 Å². The van der Waals surface area contributed by atoms with Crippen molar-refractivity contribution in [1.29, 1.82) is 0 Å². The summed E-state index contributed by atoms with van der Waals surface area (Å²) in [5.41, 5.74) is 2.20. The number of ether oxygens (including phenoxy) is 1. The van der Waals surface area contributed by atoms with Gasteiger partial charge in [-0.2, -0.15) is 0 Å². The molecule has 1 aliphatic rings. The molecule has 0 aromatic heterocycles. The van der Waals surface area contributed by atoms with E-state index in [1.807, 2.05) is 44.4 Å². The molecular formula is C20H23NO2. The molecule has 0 unspecified atom stereocenters. The predicted molar refractivity (Wildman–Crippen MR) is 91.3 cm³/mol. The minimum absolute atomic E-state index is 0.157. The number of amides is 1. The van der Waals surface area contributed by atoms with E-state index in [1.54, 1.807) is 4.90 Å². The van der Waals surface area contributed by atoms with Crippen molar-refractivity contribution in [3.63, 3.8) is 0 Å². The Bertz CT molecular complexity index is 658. The highest BCUT2D eigenvalue weighted by Gasteiger charge is 2.50. The normalized spacial score (nSPS) is 15.0. The monoisotopic (exact) mass is 309 g/mol. The zero-order valence-electron chi connectivity index (χ0n) is 13.8. The average Bonchev–Trinajstić information content (AvgIpc) is 3.35. The molecule has 3 nitrogen and oxygen atoms in total. The van der Waals surface area contributed by atoms with Crippen molar-refractivity contribution in [3.8, 4) is 5.75 Å². The molecule has 1 saturated carbocycles. The summed E-state index contributed by atoms with van der Waals surface area (Å²) in [6, 6.07) is 18.3. The lowest BCUT2D eigenvalue weighted by Crippen LogP contribution is -2.32. The molecule has 120 valence electrons. The molecule has 2 aromatic carbocycles. The van der Waals surface area contributed by atoms with Crippen LogP contribution in [0.25, 0.3) is 0 Å². The van der Waals surface area contributed by atoms with Gasteiger partial charge in [-0.1, -0.05) is 42.5 Å². The topological polar surface area (TPSA) is 29.5 Å². The second-order valence-corrected chi connectivity index (χ2v) is 6.57. The van der Waals surface area contributed by atoms with Gasteiger partial charge < -0.3 is 9.64 Å². The number of rotatable bonds is 6. The fourth-order valence-corrected chi connectivity index (χ4v) is 2.93. The van der Waals surface area contributed by atoms with Gasteiger partial charge in [-0.3, -0.25) is 4.79 Å². The molecule has 0 N–H and O–H groups in total. The van der Waals surface area contributed by atoms with Crippen LogP contribution < -0.4 is 4.74 Å². The Kier molecular flexibility index (Phi) is 4.37. The summed E-state index contributed by atoms with van der Waals surface area (Å²) < 4.78 is 5.80. The van der Waals surface area contributed by atoms with Crippen molar-refractivity contribution in [2.45, 2.75) is 25.9 Å². The van der Waals surface area contributed by atoms with E-state index in [1.165, 1.54) is 5.56 Å². The third-order valence-electron chi connectivity index (χ3n) is 4.43. The number of nitrogens with zero attached hydrogens (tertiary/aromatic N) is 1. The van der Waals surface area contributed by atoms with Gasteiger partial charge in [-0.15, -0.1) is 0 Å². The predicted octanol–water partition coefficient (Wildman–Crippen LogP) is 3.68. The average molecular weight is 309 g/mol. The Balaban J connectivity index is 1.58. The molecule has 0 saturated heterocycles. The van der Waals surface area contributed by atoms with Crippen LogP contribution in [-0.4, -0.2) is 24.9 Å². The van der Waals surface area contributed by atoms with Crippen LogP contribution in [-0.2, 0) is 17.8 Å². The summed E-state index contributed by atoms with van der Waals surface area (Å²) in [5.74, 6) is 1.11. The molecular weight excluding hydrogens is 286 g/mol. The zero-order chi connectivity index (χ0) is 16.3. The molecule has 0 aliphatic heterocycles. The van der Waals surface area contributed by atoms with Gasteiger partial charge in [-0.05, 0) is 42.5 Å². The van der Waals surface area contributed by atoms with Crippen LogP contribution in [0.3, 0.4) is 0 Å². The largest absolute Gasteiger partial charge is 0.489 e. The summed E-state index contributed by atoms with van der Waals surface area (Å²) in [5, 5.41) is 0. The second-order valence-electron chi connectivity index (χ2n) is 6.57. The number of carbonyl (C=O) groups is 1. The van der Waals surface area contributed by atoms with Crippen molar-refractivity contribution in [2.75, 3.05) is 14.1 Å². The molecule has 1 fully saturated rings. The van der Waals surface area contributed by atoms with E-state index in [4.69, 9.17) is 4.74 Å². The molecule has 0 atom stereocenters. The van der Waals surface area contributed by atoms with E-state index in [0.717, 1.165) is 30.6 Å². The Morgan fingerprint density at radius 1 is 1.00 bits per heavy atom. The molecule has 23 heavy (non-hydrogen) atoms. The first kappa shape index (κ1) is 15.6. The molecule has 1 amide bonds. The van der Waals surface area contributed by atoms with Gasteiger partial charge in [0.2, 0.25) is 5.91 Å². The minimum atomic E-state index is -0.157. The summed E-state index contributed by atoms with van der Waals surface area (Å²) in [7, 11) is 3.67. The first-order valence-corrected chi connectivity index (χ1v) is 8.06. The van der Waals surface area contributed by atoms with Crippen molar-refractivity contribution in [2.24, 2.45) is 5.41 Å². The third kappa shape index (κ3) is 3.73. The highest BCUT2D eigenvalue weighted by Crippen LogP contribution is 2.49. The van der Waals surface area contributed by atoms with Gasteiger partial charge in [0.25, 0.3) is 0 Å². The van der Waals surface area contributed by atoms with E-state index in [2.05, 4.69) is 24.3 Å². The Morgan fingerprint density at radius 2 is 1.65 bits per heavy atom. The second kappa shape index (κ2) is 6.45. The highest BCUT2D eigenvalue weighted by molar-refractivity contribution is 5.85. The summed E-state index contributed by atoms with van der Waals surface area (Å²) in [6.45, 7) is 0.573. The van der Waals surface area contributed by atoms with Crippen molar-refractivity contribution in [1.82, 2.24) is 4.90 Å². The maximum atomic E-state index is 12.3. The van der Waals surface area contributed by atoms with Crippen molar-refractivity contribution in [3.05, 3.63) is 65.7 Å². The summed E-state index contributed by atoms with van der Waals surface area (Å²) in [4.78, 5) is 14.0. The van der Waals surface area contributed by atoms with E-state index in [0.29, 0.717) is 6.61 Å². The molecule has 0 heterocycles. The van der Waals surface area contributed by atoms with Gasteiger partial charge in [-0.25, -0.2) is 0 Å². The minimum Gasteiger partial charge on any atom is -0.489 e. The Hall–Kier alpha value is -2.29. The maximum Gasteiger partial charge on any atom is 0.228 e. The lowest BCUT2D eigenvalue weighted by Gasteiger charge is -2.19. The molecule has 0 radical (unpaired) electrons. The first-order valence-electron chi connectivity index (χ1n) is 8.06. The number of carbonyl (C=O) groups excluding carboxylic acids is 1.